The van der Waals surface area contributed by atoms with E-state index in [1.54, 1.807) is 30.2 Å². The van der Waals surface area contributed by atoms with Gasteiger partial charge in [0.1, 0.15) is 0 Å². The lowest BCUT2D eigenvalue weighted by molar-refractivity contribution is -0.140. The van der Waals surface area contributed by atoms with E-state index in [9.17, 15) is 9.59 Å². The second-order valence-electron chi connectivity index (χ2n) is 4.38. The molecule has 0 fully saturated rings. The number of carbonyl (C=O) groups is 2. The average Bonchev–Trinajstić information content (AvgIpc) is 2.45. The number of methoxy groups -OCH3 is 2. The first-order chi connectivity index (χ1) is 9.97. The van der Waals surface area contributed by atoms with Crippen LogP contribution < -0.4 is 5.73 Å². The van der Waals surface area contributed by atoms with E-state index in [-0.39, 0.29) is 24.8 Å². The third kappa shape index (κ3) is 5.73. The number of carbonyl (C=O) groups excluding carboxylic acids is 2. The van der Waals surface area contributed by atoms with Crippen molar-refractivity contribution in [3.63, 3.8) is 0 Å². The Hall–Kier alpha value is -1.60. The monoisotopic (exact) mass is 358 g/mol. The average molecular weight is 359 g/mol. The molecular formula is C14H19BrN2O4. The number of rotatable bonds is 7. The second-order valence-corrected chi connectivity index (χ2v) is 5.30. The standard InChI is InChI=1S/C14H19BrN2O4/c1-20-6-5-17(4-3-13(18)21-2)14(19)10-7-11(15)9-12(16)8-10/h7-9H,3-6,16H2,1-2H3. The number of esters is 1. The number of hydrogen-bond donors (Lipinski definition) is 1. The Kier molecular flexibility index (Phi) is 7.18. The lowest BCUT2D eigenvalue weighted by Gasteiger charge is -2.22. The van der Waals surface area contributed by atoms with Gasteiger partial charge in [0.05, 0.1) is 20.1 Å². The van der Waals surface area contributed by atoms with Gasteiger partial charge >= 0.3 is 5.97 Å². The number of halogens is 1. The Morgan fingerprint density at radius 3 is 2.52 bits per heavy atom. The van der Waals surface area contributed by atoms with Gasteiger partial charge in [-0.1, -0.05) is 15.9 Å². The minimum absolute atomic E-state index is 0.134. The molecule has 0 saturated carbocycles. The summed E-state index contributed by atoms with van der Waals surface area (Å²) in [4.78, 5) is 25.3. The number of anilines is 1. The summed E-state index contributed by atoms with van der Waals surface area (Å²) in [5, 5.41) is 0. The van der Waals surface area contributed by atoms with E-state index < -0.39 is 0 Å². The summed E-state index contributed by atoms with van der Waals surface area (Å²) in [6.07, 6.45) is 0.134. The molecule has 7 heteroatoms. The molecule has 0 aromatic heterocycles. The van der Waals surface area contributed by atoms with Crippen LogP contribution in [-0.4, -0.2) is 50.7 Å². The molecule has 2 N–H and O–H groups in total. The first kappa shape index (κ1) is 17.5. The molecular weight excluding hydrogens is 340 g/mol. The highest BCUT2D eigenvalue weighted by atomic mass is 79.9. The molecule has 0 bridgehead atoms. The van der Waals surface area contributed by atoms with Crippen molar-refractivity contribution < 1.29 is 19.1 Å². The largest absolute Gasteiger partial charge is 0.469 e. The topological polar surface area (TPSA) is 81.9 Å². The van der Waals surface area contributed by atoms with Gasteiger partial charge in [-0.2, -0.15) is 0 Å². The van der Waals surface area contributed by atoms with Gasteiger partial charge in [0.25, 0.3) is 5.91 Å². The van der Waals surface area contributed by atoms with E-state index in [1.165, 1.54) is 7.11 Å². The van der Waals surface area contributed by atoms with Crippen molar-refractivity contribution in [1.29, 1.82) is 0 Å². The van der Waals surface area contributed by atoms with Crippen LogP contribution in [0.1, 0.15) is 16.8 Å². The van der Waals surface area contributed by atoms with Crippen molar-refractivity contribution in [1.82, 2.24) is 4.90 Å². The van der Waals surface area contributed by atoms with Crippen molar-refractivity contribution >= 4 is 33.5 Å². The molecule has 0 aliphatic carbocycles. The Morgan fingerprint density at radius 2 is 1.95 bits per heavy atom. The summed E-state index contributed by atoms with van der Waals surface area (Å²) in [5.41, 5.74) is 6.70. The Morgan fingerprint density at radius 1 is 1.24 bits per heavy atom. The van der Waals surface area contributed by atoms with E-state index in [0.717, 1.165) is 4.47 Å². The van der Waals surface area contributed by atoms with Crippen LogP contribution in [0.3, 0.4) is 0 Å². The predicted molar refractivity (Wildman–Crippen MR) is 83.0 cm³/mol. The minimum Gasteiger partial charge on any atom is -0.469 e. The molecule has 0 atom stereocenters. The van der Waals surface area contributed by atoms with Gasteiger partial charge in [-0.3, -0.25) is 9.59 Å². The first-order valence-electron chi connectivity index (χ1n) is 6.39. The molecule has 0 saturated heterocycles. The molecule has 21 heavy (non-hydrogen) atoms. The summed E-state index contributed by atoms with van der Waals surface area (Å²) in [6.45, 7) is 1.04. The lowest BCUT2D eigenvalue weighted by Crippen LogP contribution is -2.35. The van der Waals surface area contributed by atoms with Gasteiger partial charge in [0, 0.05) is 35.9 Å². The Labute approximate surface area is 132 Å². The van der Waals surface area contributed by atoms with Crippen LogP contribution >= 0.6 is 15.9 Å². The number of amides is 1. The fraction of sp³-hybridized carbons (Fsp3) is 0.429. The van der Waals surface area contributed by atoms with E-state index in [1.807, 2.05) is 0 Å². The number of nitrogens with two attached hydrogens (primary N) is 1. The molecule has 0 radical (unpaired) electrons. The highest BCUT2D eigenvalue weighted by Crippen LogP contribution is 2.18. The Balaban J connectivity index is 2.84. The van der Waals surface area contributed by atoms with E-state index in [4.69, 9.17) is 10.5 Å². The maximum atomic E-state index is 12.5. The van der Waals surface area contributed by atoms with Crippen molar-refractivity contribution in [3.8, 4) is 0 Å². The summed E-state index contributed by atoms with van der Waals surface area (Å²) in [6, 6.07) is 5.01. The molecule has 0 heterocycles. The normalized spacial score (nSPS) is 10.2. The molecule has 1 rings (SSSR count). The number of hydrogen-bond acceptors (Lipinski definition) is 5. The first-order valence-corrected chi connectivity index (χ1v) is 7.18. The zero-order chi connectivity index (χ0) is 15.8. The fourth-order valence-corrected chi connectivity index (χ4v) is 2.27. The van der Waals surface area contributed by atoms with Crippen molar-refractivity contribution in [2.75, 3.05) is 39.6 Å². The summed E-state index contributed by atoms with van der Waals surface area (Å²) < 4.78 is 10.3. The van der Waals surface area contributed by atoms with Gasteiger partial charge < -0.3 is 20.1 Å². The maximum absolute atomic E-state index is 12.5. The van der Waals surface area contributed by atoms with Crippen LogP contribution in [0.4, 0.5) is 5.69 Å². The van der Waals surface area contributed by atoms with Crippen molar-refractivity contribution in [2.24, 2.45) is 0 Å². The third-order valence-electron chi connectivity index (χ3n) is 2.83. The van der Waals surface area contributed by atoms with Crippen LogP contribution in [0.2, 0.25) is 0 Å². The number of nitrogen functional groups attached to an aromatic ring is 1. The van der Waals surface area contributed by atoms with Crippen LogP contribution in [-0.2, 0) is 14.3 Å². The van der Waals surface area contributed by atoms with Gasteiger partial charge in [0.2, 0.25) is 0 Å². The molecule has 0 aliphatic heterocycles. The van der Waals surface area contributed by atoms with Crippen molar-refractivity contribution in [3.05, 3.63) is 28.2 Å². The fourth-order valence-electron chi connectivity index (χ4n) is 1.76. The highest BCUT2D eigenvalue weighted by Gasteiger charge is 2.17. The van der Waals surface area contributed by atoms with Crippen LogP contribution in [0, 0.1) is 0 Å². The summed E-state index contributed by atoms with van der Waals surface area (Å²) in [7, 11) is 2.87. The smallest absolute Gasteiger partial charge is 0.307 e. The van der Waals surface area contributed by atoms with Gasteiger partial charge in [-0.15, -0.1) is 0 Å². The van der Waals surface area contributed by atoms with Crippen molar-refractivity contribution in [2.45, 2.75) is 6.42 Å². The summed E-state index contributed by atoms with van der Waals surface area (Å²) >= 11 is 3.31. The third-order valence-corrected chi connectivity index (χ3v) is 3.29. The minimum atomic E-state index is -0.362. The van der Waals surface area contributed by atoms with E-state index in [2.05, 4.69) is 20.7 Å². The van der Waals surface area contributed by atoms with Gasteiger partial charge in [-0.05, 0) is 18.2 Å². The molecule has 0 aliphatic rings. The lowest BCUT2D eigenvalue weighted by atomic mass is 10.1. The SMILES string of the molecule is COCCN(CCC(=O)OC)C(=O)c1cc(N)cc(Br)c1. The van der Waals surface area contributed by atoms with E-state index >= 15 is 0 Å². The van der Waals surface area contributed by atoms with Crippen LogP contribution in [0.5, 0.6) is 0 Å². The number of benzene rings is 1. The highest BCUT2D eigenvalue weighted by molar-refractivity contribution is 9.10. The summed E-state index contributed by atoms with van der Waals surface area (Å²) in [5.74, 6) is -0.567. The molecule has 1 aromatic rings. The molecule has 116 valence electrons. The molecule has 1 aromatic carbocycles. The number of nitrogens with zero attached hydrogens (tertiary/aromatic N) is 1. The predicted octanol–water partition coefficient (Wildman–Crippen LogP) is 1.68. The zero-order valence-corrected chi connectivity index (χ0v) is 13.7. The van der Waals surface area contributed by atoms with E-state index in [0.29, 0.717) is 24.4 Å². The quantitative estimate of drug-likeness (QED) is 0.592. The molecule has 6 nitrogen and oxygen atoms in total. The Bertz CT molecular complexity index is 487. The second kappa shape index (κ2) is 8.63. The molecule has 0 unspecified atom stereocenters. The van der Waals surface area contributed by atoms with Crippen LogP contribution in [0.25, 0.3) is 0 Å². The molecule has 1 amide bonds. The zero-order valence-electron chi connectivity index (χ0n) is 12.1. The maximum Gasteiger partial charge on any atom is 0.307 e. The van der Waals surface area contributed by atoms with Gasteiger partial charge in [0.15, 0.2) is 0 Å². The molecule has 0 spiro atoms. The van der Waals surface area contributed by atoms with Crippen LogP contribution in [0.15, 0.2) is 22.7 Å². The number of ether oxygens (including phenoxy) is 2. The van der Waals surface area contributed by atoms with Gasteiger partial charge in [-0.25, -0.2) is 0 Å².